The normalized spacial score (nSPS) is 11.6. The van der Waals surface area contributed by atoms with Crippen LogP contribution in [-0.2, 0) is 27.5 Å². The minimum absolute atomic E-state index is 0.00772. The summed E-state index contributed by atoms with van der Waals surface area (Å²) in [5.74, 6) is -1.65. The smallest absolute Gasteiger partial charge is 0.407 e. The van der Waals surface area contributed by atoms with E-state index in [1.54, 1.807) is 20.8 Å². The van der Waals surface area contributed by atoms with Crippen LogP contribution in [-0.4, -0.2) is 114 Å². The lowest BCUT2D eigenvalue weighted by Crippen LogP contribution is -2.52. The maximum Gasteiger partial charge on any atom is 0.407 e. The number of carbonyl (C=O) groups is 4. The molecule has 64 heavy (non-hydrogen) atoms. The molecule has 6 N–H and O–H groups in total. The molecule has 0 aliphatic rings. The van der Waals surface area contributed by atoms with Crippen molar-refractivity contribution in [1.29, 1.82) is 0 Å². The van der Waals surface area contributed by atoms with E-state index in [1.807, 2.05) is 60.7 Å². The largest absolute Gasteiger partial charge is 0.444 e. The molecule has 0 spiro atoms. The van der Waals surface area contributed by atoms with E-state index in [2.05, 4.69) is 10.6 Å². The molecule has 1 unspecified atom stereocenters. The van der Waals surface area contributed by atoms with E-state index < -0.39 is 46.6 Å². The predicted molar refractivity (Wildman–Crippen MR) is 240 cm³/mol. The SMILES string of the molecule is CC(C)(C)OC(=O)NCCOCCNC(=O)C(CCCN(CCCN)C(=O)c1cccc(=O)n1OCc1ccccc1)N(CCCN)C(=O)c1cccc(=O)n1OCc1ccccc1. The summed E-state index contributed by atoms with van der Waals surface area (Å²) in [7, 11) is 0. The molecule has 18 heteroatoms. The third-order valence-corrected chi connectivity index (χ3v) is 9.50. The highest BCUT2D eigenvalue weighted by Crippen LogP contribution is 2.16. The molecule has 0 bridgehead atoms. The number of rotatable bonds is 26. The number of aromatic nitrogens is 2. The van der Waals surface area contributed by atoms with Crippen LogP contribution in [0.15, 0.2) is 107 Å². The lowest BCUT2D eigenvalue weighted by Gasteiger charge is -2.32. The summed E-state index contributed by atoms with van der Waals surface area (Å²) >= 11 is 0. The quantitative estimate of drug-likeness (QED) is 0.0666. The number of nitrogens with one attached hydrogen (secondary N) is 2. The third-order valence-electron chi connectivity index (χ3n) is 9.50. The molecule has 4 amide bonds. The highest BCUT2D eigenvalue weighted by Gasteiger charge is 2.32. The van der Waals surface area contributed by atoms with Gasteiger partial charge in [0, 0.05) is 44.9 Å². The molecule has 2 aromatic carbocycles. The number of pyridine rings is 2. The summed E-state index contributed by atoms with van der Waals surface area (Å²) in [4.78, 5) is 95.8. The maximum absolute atomic E-state index is 14.6. The molecule has 4 rings (SSSR count). The number of carbonyl (C=O) groups excluding carboxylic acids is 4. The molecular weight excluding hydrogens is 825 g/mol. The maximum atomic E-state index is 14.6. The Kier molecular flexibility index (Phi) is 20.5. The van der Waals surface area contributed by atoms with Crippen molar-refractivity contribution in [2.75, 3.05) is 59.0 Å². The minimum Gasteiger partial charge on any atom is -0.444 e. The van der Waals surface area contributed by atoms with Gasteiger partial charge in [-0.05, 0) is 82.8 Å². The Morgan fingerprint density at radius 2 is 1.14 bits per heavy atom. The second kappa shape index (κ2) is 26.2. The van der Waals surface area contributed by atoms with Crippen molar-refractivity contribution in [2.45, 2.75) is 71.3 Å². The first kappa shape index (κ1) is 50.1. The van der Waals surface area contributed by atoms with Crippen molar-refractivity contribution in [3.8, 4) is 0 Å². The Morgan fingerprint density at radius 3 is 1.67 bits per heavy atom. The summed E-state index contributed by atoms with van der Waals surface area (Å²) in [6.07, 6.45) is 0.480. The van der Waals surface area contributed by atoms with Crippen LogP contribution in [0.5, 0.6) is 0 Å². The summed E-state index contributed by atoms with van der Waals surface area (Å²) in [6.45, 7) is 6.65. The average Bonchev–Trinajstić information content (AvgIpc) is 3.27. The van der Waals surface area contributed by atoms with E-state index in [-0.39, 0.29) is 96.5 Å². The number of amides is 4. The van der Waals surface area contributed by atoms with Crippen LogP contribution >= 0.6 is 0 Å². The first-order valence-corrected chi connectivity index (χ1v) is 21.4. The van der Waals surface area contributed by atoms with E-state index >= 15 is 0 Å². The Hall–Kier alpha value is -6.50. The van der Waals surface area contributed by atoms with Gasteiger partial charge in [0.25, 0.3) is 22.9 Å². The first-order valence-electron chi connectivity index (χ1n) is 21.4. The highest BCUT2D eigenvalue weighted by molar-refractivity contribution is 5.96. The third kappa shape index (κ3) is 16.3. The van der Waals surface area contributed by atoms with Gasteiger partial charge < -0.3 is 51.0 Å². The summed E-state index contributed by atoms with van der Waals surface area (Å²) < 4.78 is 12.8. The number of ether oxygens (including phenoxy) is 2. The van der Waals surface area contributed by atoms with Gasteiger partial charge in [0.05, 0.1) is 13.2 Å². The van der Waals surface area contributed by atoms with Gasteiger partial charge in [-0.25, -0.2) is 4.79 Å². The van der Waals surface area contributed by atoms with E-state index in [4.69, 9.17) is 30.6 Å². The average molecular weight is 887 g/mol. The zero-order valence-electron chi connectivity index (χ0n) is 36.9. The van der Waals surface area contributed by atoms with Crippen LogP contribution in [0.3, 0.4) is 0 Å². The fourth-order valence-electron chi connectivity index (χ4n) is 6.44. The van der Waals surface area contributed by atoms with Crippen molar-refractivity contribution < 1.29 is 38.3 Å². The fraction of sp³-hybridized carbons (Fsp3) is 0.435. The van der Waals surface area contributed by atoms with Crippen molar-refractivity contribution in [1.82, 2.24) is 29.9 Å². The number of alkyl carbamates (subject to hydrolysis) is 1. The van der Waals surface area contributed by atoms with Crippen LogP contribution in [0, 0.1) is 0 Å². The van der Waals surface area contributed by atoms with Crippen molar-refractivity contribution in [3.05, 3.63) is 140 Å². The zero-order valence-corrected chi connectivity index (χ0v) is 36.9. The van der Waals surface area contributed by atoms with Crippen molar-refractivity contribution in [2.24, 2.45) is 11.5 Å². The van der Waals surface area contributed by atoms with Gasteiger partial charge in [-0.1, -0.05) is 72.8 Å². The van der Waals surface area contributed by atoms with Gasteiger partial charge in [0.2, 0.25) is 5.91 Å². The molecular formula is C46H62N8O10. The number of nitrogens with two attached hydrogens (primary N) is 2. The zero-order chi connectivity index (χ0) is 46.3. The first-order chi connectivity index (χ1) is 30.8. The van der Waals surface area contributed by atoms with Crippen LogP contribution < -0.4 is 42.9 Å². The summed E-state index contributed by atoms with van der Waals surface area (Å²) in [5.41, 5.74) is 11.5. The van der Waals surface area contributed by atoms with E-state index in [0.717, 1.165) is 20.6 Å². The lowest BCUT2D eigenvalue weighted by atomic mass is 10.1. The van der Waals surface area contributed by atoms with Gasteiger partial charge in [0.1, 0.15) is 36.2 Å². The minimum atomic E-state index is -1.11. The number of hydrogen-bond donors (Lipinski definition) is 4. The molecule has 0 saturated heterocycles. The van der Waals surface area contributed by atoms with Crippen molar-refractivity contribution >= 4 is 23.8 Å². The molecule has 18 nitrogen and oxygen atoms in total. The molecule has 2 heterocycles. The molecule has 0 fully saturated rings. The Labute approximate surface area is 373 Å². The van der Waals surface area contributed by atoms with E-state index in [1.165, 1.54) is 46.2 Å². The van der Waals surface area contributed by atoms with Crippen LogP contribution in [0.4, 0.5) is 4.79 Å². The second-order valence-electron chi connectivity index (χ2n) is 15.7. The number of hydrogen-bond acceptors (Lipinski definition) is 12. The lowest BCUT2D eigenvalue weighted by molar-refractivity contribution is -0.126. The highest BCUT2D eigenvalue weighted by atomic mass is 16.7. The monoisotopic (exact) mass is 886 g/mol. The van der Waals surface area contributed by atoms with Crippen LogP contribution in [0.25, 0.3) is 0 Å². The predicted octanol–water partition coefficient (Wildman–Crippen LogP) is 2.36. The van der Waals surface area contributed by atoms with E-state index in [9.17, 15) is 28.8 Å². The molecule has 2 aromatic heterocycles. The Balaban J connectivity index is 1.56. The molecule has 0 radical (unpaired) electrons. The molecule has 346 valence electrons. The van der Waals surface area contributed by atoms with Crippen LogP contribution in [0.2, 0.25) is 0 Å². The van der Waals surface area contributed by atoms with Gasteiger partial charge in [-0.15, -0.1) is 9.46 Å². The molecule has 4 aromatic rings. The summed E-state index contributed by atoms with van der Waals surface area (Å²) in [5, 5.41) is 5.47. The standard InChI is InChI=1S/C46H62N8O10/c1-46(2,3)64-45(60)50-27-32-61-31-26-49-42(57)37(52(30-14-25-48)44(59)39-20-11-23-41(56)54(39)63-34-36-17-8-5-9-18-36)21-12-28-51(29-13-24-47)43(58)38-19-10-22-40(55)53(38)62-33-35-15-6-4-7-16-35/h4-11,15-20,22-23,37H,12-14,21,24-34,47-48H2,1-3H3,(H,49,57)(H,50,60). The number of nitrogens with zero attached hydrogens (tertiary/aromatic N) is 4. The molecule has 1 atom stereocenters. The Morgan fingerprint density at radius 1 is 0.641 bits per heavy atom. The second-order valence-corrected chi connectivity index (χ2v) is 15.7. The number of benzene rings is 2. The van der Waals surface area contributed by atoms with Gasteiger partial charge in [-0.3, -0.25) is 24.0 Å². The van der Waals surface area contributed by atoms with E-state index in [0.29, 0.717) is 12.8 Å². The van der Waals surface area contributed by atoms with Crippen molar-refractivity contribution in [3.63, 3.8) is 0 Å². The van der Waals surface area contributed by atoms with Gasteiger partial charge >= 0.3 is 6.09 Å². The molecule has 0 saturated carbocycles. The van der Waals surface area contributed by atoms with Crippen LogP contribution in [0.1, 0.15) is 78.6 Å². The molecule has 0 aliphatic heterocycles. The molecule has 0 aliphatic carbocycles. The van der Waals surface area contributed by atoms with Gasteiger partial charge in [0.15, 0.2) is 0 Å². The van der Waals surface area contributed by atoms with Gasteiger partial charge in [-0.2, -0.15) is 0 Å². The Bertz CT molecular complexity index is 2190. The summed E-state index contributed by atoms with van der Waals surface area (Å²) in [6, 6.07) is 25.7. The topological polar surface area (TPSA) is 232 Å². The fourth-order valence-corrected chi connectivity index (χ4v) is 6.44.